The highest BCUT2D eigenvalue weighted by Crippen LogP contribution is 2.24. The second-order valence-corrected chi connectivity index (χ2v) is 5.44. The van der Waals surface area contributed by atoms with Gasteiger partial charge < -0.3 is 10.1 Å². The number of ether oxygens (including phenoxy) is 1. The Balaban J connectivity index is 3.67. The van der Waals surface area contributed by atoms with E-state index in [0.717, 1.165) is 6.54 Å². The molecule has 1 N–H and O–H groups in total. The zero-order valence-corrected chi connectivity index (χ0v) is 10.9. The Morgan fingerprint density at radius 2 is 1.80 bits per heavy atom. The van der Waals surface area contributed by atoms with Crippen molar-refractivity contribution in [3.05, 3.63) is 0 Å². The molecule has 0 heterocycles. The molecule has 3 heteroatoms. The first-order valence-corrected chi connectivity index (χ1v) is 5.63. The summed E-state index contributed by atoms with van der Waals surface area (Å²) in [4.78, 5) is 11.2. The molecular formula is C12H25NO2. The highest BCUT2D eigenvalue weighted by molar-refractivity contribution is 5.71. The van der Waals surface area contributed by atoms with Gasteiger partial charge in [0.05, 0.1) is 12.6 Å². The summed E-state index contributed by atoms with van der Waals surface area (Å²) in [7, 11) is 0. The van der Waals surface area contributed by atoms with E-state index in [1.807, 2.05) is 13.8 Å². The van der Waals surface area contributed by atoms with Gasteiger partial charge in [0.1, 0.15) is 0 Å². The molecular weight excluding hydrogens is 190 g/mol. The van der Waals surface area contributed by atoms with Crippen molar-refractivity contribution in [2.45, 2.75) is 47.6 Å². The van der Waals surface area contributed by atoms with E-state index in [9.17, 15) is 4.79 Å². The van der Waals surface area contributed by atoms with Gasteiger partial charge >= 0.3 is 5.97 Å². The van der Waals surface area contributed by atoms with Crippen LogP contribution in [0.1, 0.15) is 41.5 Å². The van der Waals surface area contributed by atoms with Crippen LogP contribution in [-0.4, -0.2) is 25.2 Å². The summed E-state index contributed by atoms with van der Waals surface area (Å²) in [6.45, 7) is 13.6. The van der Waals surface area contributed by atoms with E-state index in [2.05, 4.69) is 33.0 Å². The normalized spacial score (nSPS) is 14.1. The van der Waals surface area contributed by atoms with Crippen LogP contribution in [0.15, 0.2) is 0 Å². The predicted molar refractivity (Wildman–Crippen MR) is 62.7 cm³/mol. The molecule has 0 saturated heterocycles. The van der Waals surface area contributed by atoms with Crippen LogP contribution in [0.4, 0.5) is 0 Å². The lowest BCUT2D eigenvalue weighted by molar-refractivity contribution is -0.146. The average Bonchev–Trinajstić information content (AvgIpc) is 2.00. The third-order valence-corrected chi connectivity index (χ3v) is 2.57. The predicted octanol–water partition coefficient (Wildman–Crippen LogP) is 2.21. The average molecular weight is 215 g/mol. The van der Waals surface area contributed by atoms with Gasteiger partial charge in [-0.2, -0.15) is 0 Å². The smallest absolute Gasteiger partial charge is 0.320 e. The SMILES string of the molecule is CC(C)OC(=O)CNCC(C)C(C)(C)C. The fourth-order valence-electron chi connectivity index (χ4n) is 1.00. The lowest BCUT2D eigenvalue weighted by Gasteiger charge is -2.27. The van der Waals surface area contributed by atoms with Crippen molar-refractivity contribution in [1.82, 2.24) is 5.32 Å². The molecule has 3 nitrogen and oxygen atoms in total. The van der Waals surface area contributed by atoms with Gasteiger partial charge in [0.2, 0.25) is 0 Å². The molecule has 90 valence electrons. The van der Waals surface area contributed by atoms with E-state index in [0.29, 0.717) is 12.5 Å². The molecule has 0 radical (unpaired) electrons. The van der Waals surface area contributed by atoms with E-state index < -0.39 is 0 Å². The molecule has 0 aliphatic rings. The monoisotopic (exact) mass is 215 g/mol. The van der Waals surface area contributed by atoms with Gasteiger partial charge in [-0.15, -0.1) is 0 Å². The minimum Gasteiger partial charge on any atom is -0.462 e. The molecule has 1 unspecified atom stereocenters. The van der Waals surface area contributed by atoms with Gasteiger partial charge in [0.25, 0.3) is 0 Å². The highest BCUT2D eigenvalue weighted by Gasteiger charge is 2.19. The summed E-state index contributed by atoms with van der Waals surface area (Å²) >= 11 is 0. The topological polar surface area (TPSA) is 38.3 Å². The van der Waals surface area contributed by atoms with Crippen molar-refractivity contribution < 1.29 is 9.53 Å². The maximum atomic E-state index is 11.2. The Morgan fingerprint density at radius 3 is 2.20 bits per heavy atom. The van der Waals surface area contributed by atoms with E-state index in [-0.39, 0.29) is 17.5 Å². The van der Waals surface area contributed by atoms with Crippen LogP contribution < -0.4 is 5.32 Å². The maximum Gasteiger partial charge on any atom is 0.320 e. The van der Waals surface area contributed by atoms with Crippen LogP contribution in [0.2, 0.25) is 0 Å². The summed E-state index contributed by atoms with van der Waals surface area (Å²) < 4.78 is 5.02. The largest absolute Gasteiger partial charge is 0.462 e. The lowest BCUT2D eigenvalue weighted by atomic mass is 9.82. The molecule has 1 atom stereocenters. The summed E-state index contributed by atoms with van der Waals surface area (Å²) in [5.74, 6) is 0.357. The second kappa shape index (κ2) is 6.11. The number of esters is 1. The second-order valence-electron chi connectivity index (χ2n) is 5.44. The van der Waals surface area contributed by atoms with E-state index in [1.54, 1.807) is 0 Å². The first-order valence-electron chi connectivity index (χ1n) is 5.63. The van der Waals surface area contributed by atoms with Crippen LogP contribution in [0.3, 0.4) is 0 Å². The van der Waals surface area contributed by atoms with Crippen LogP contribution in [0.5, 0.6) is 0 Å². The molecule has 0 amide bonds. The Labute approximate surface area is 93.6 Å². The van der Waals surface area contributed by atoms with Crippen LogP contribution in [0, 0.1) is 11.3 Å². The molecule has 0 aliphatic carbocycles. The molecule has 0 rings (SSSR count). The van der Waals surface area contributed by atoms with Gasteiger partial charge in [-0.1, -0.05) is 27.7 Å². The third kappa shape index (κ3) is 7.37. The Hall–Kier alpha value is -0.570. The Bertz CT molecular complexity index is 194. The van der Waals surface area contributed by atoms with E-state index in [1.165, 1.54) is 0 Å². The van der Waals surface area contributed by atoms with Crippen molar-refractivity contribution in [2.75, 3.05) is 13.1 Å². The van der Waals surface area contributed by atoms with Crippen molar-refractivity contribution in [1.29, 1.82) is 0 Å². The number of hydrogen-bond acceptors (Lipinski definition) is 3. The Morgan fingerprint density at radius 1 is 1.27 bits per heavy atom. The molecule has 0 fully saturated rings. The number of hydrogen-bond donors (Lipinski definition) is 1. The van der Waals surface area contributed by atoms with Crippen molar-refractivity contribution in [3.63, 3.8) is 0 Å². The number of nitrogens with one attached hydrogen (secondary N) is 1. The quantitative estimate of drug-likeness (QED) is 0.715. The molecule has 0 aromatic rings. The molecule has 0 bridgehead atoms. The lowest BCUT2D eigenvalue weighted by Crippen LogP contribution is -2.34. The van der Waals surface area contributed by atoms with E-state index in [4.69, 9.17) is 4.74 Å². The van der Waals surface area contributed by atoms with Gasteiger partial charge in [0.15, 0.2) is 0 Å². The third-order valence-electron chi connectivity index (χ3n) is 2.57. The molecule has 0 aliphatic heterocycles. The van der Waals surface area contributed by atoms with Crippen molar-refractivity contribution >= 4 is 5.97 Å². The molecule has 0 aromatic carbocycles. The minimum absolute atomic E-state index is 0.0284. The van der Waals surface area contributed by atoms with Gasteiger partial charge in [0, 0.05) is 0 Å². The van der Waals surface area contributed by atoms with Crippen LogP contribution >= 0.6 is 0 Å². The number of rotatable bonds is 5. The van der Waals surface area contributed by atoms with Crippen molar-refractivity contribution in [3.8, 4) is 0 Å². The molecule has 0 saturated carbocycles. The Kier molecular flexibility index (Phi) is 5.88. The summed E-state index contributed by atoms with van der Waals surface area (Å²) in [6.07, 6.45) is -0.0284. The molecule has 0 spiro atoms. The minimum atomic E-state index is -0.175. The standard InChI is InChI=1S/C12H25NO2/c1-9(2)15-11(14)8-13-7-10(3)12(4,5)6/h9-10,13H,7-8H2,1-6H3. The van der Waals surface area contributed by atoms with Crippen LogP contribution in [0.25, 0.3) is 0 Å². The summed E-state index contributed by atoms with van der Waals surface area (Å²) in [5.41, 5.74) is 0.273. The van der Waals surface area contributed by atoms with Gasteiger partial charge in [-0.3, -0.25) is 4.79 Å². The highest BCUT2D eigenvalue weighted by atomic mass is 16.5. The molecule has 0 aromatic heterocycles. The molecule has 15 heavy (non-hydrogen) atoms. The number of carbonyl (C=O) groups is 1. The first kappa shape index (κ1) is 14.4. The number of carbonyl (C=O) groups excluding carboxylic acids is 1. The summed E-state index contributed by atoms with van der Waals surface area (Å²) in [6, 6.07) is 0. The fraction of sp³-hybridized carbons (Fsp3) is 0.917. The zero-order valence-electron chi connectivity index (χ0n) is 10.9. The van der Waals surface area contributed by atoms with Crippen LogP contribution in [-0.2, 0) is 9.53 Å². The van der Waals surface area contributed by atoms with Gasteiger partial charge in [-0.05, 0) is 31.7 Å². The fourth-order valence-corrected chi connectivity index (χ4v) is 1.00. The first-order chi connectivity index (χ1) is 6.73. The van der Waals surface area contributed by atoms with E-state index >= 15 is 0 Å². The summed E-state index contributed by atoms with van der Waals surface area (Å²) in [5, 5.41) is 3.12. The zero-order chi connectivity index (χ0) is 12.1. The van der Waals surface area contributed by atoms with Crippen molar-refractivity contribution in [2.24, 2.45) is 11.3 Å². The maximum absolute atomic E-state index is 11.2. The van der Waals surface area contributed by atoms with Gasteiger partial charge in [-0.25, -0.2) is 0 Å².